The number of hydrogen-bond acceptors (Lipinski definition) is 7. The van der Waals surface area contributed by atoms with Crippen molar-refractivity contribution in [2.24, 2.45) is 7.05 Å². The highest BCUT2D eigenvalue weighted by molar-refractivity contribution is 5.79. The number of alkyl carbamates (subject to hydrolysis) is 1. The third kappa shape index (κ3) is 5.55. The van der Waals surface area contributed by atoms with Crippen molar-refractivity contribution in [1.82, 2.24) is 24.4 Å². The molecular weight excluding hydrogens is 536 g/mol. The fourth-order valence-corrected chi connectivity index (χ4v) is 4.89. The molecule has 1 aliphatic carbocycles. The van der Waals surface area contributed by atoms with Gasteiger partial charge in [0.15, 0.2) is 0 Å². The molecule has 40 heavy (non-hydrogen) atoms. The molecule has 1 saturated carbocycles. The Morgan fingerprint density at radius 3 is 2.52 bits per heavy atom. The third-order valence-corrected chi connectivity index (χ3v) is 6.72. The summed E-state index contributed by atoms with van der Waals surface area (Å²) in [4.78, 5) is 33.4. The van der Waals surface area contributed by atoms with Gasteiger partial charge in [0, 0.05) is 30.8 Å². The van der Waals surface area contributed by atoms with E-state index in [0.717, 1.165) is 12.1 Å². The monoisotopic (exact) mass is 560 g/mol. The average Bonchev–Trinajstić information content (AvgIpc) is 3.46. The minimum absolute atomic E-state index is 0.0867. The highest BCUT2D eigenvalue weighted by atomic mass is 19.4. The highest BCUT2D eigenvalue weighted by Gasteiger charge is 2.31. The summed E-state index contributed by atoms with van der Waals surface area (Å²) in [7, 11) is 2.94. The van der Waals surface area contributed by atoms with Crippen molar-refractivity contribution in [2.75, 3.05) is 12.4 Å². The number of imidazole rings is 1. The first-order chi connectivity index (χ1) is 19.0. The Morgan fingerprint density at radius 2 is 1.82 bits per heavy atom. The summed E-state index contributed by atoms with van der Waals surface area (Å²) in [6, 6.07) is 8.65. The summed E-state index contributed by atoms with van der Waals surface area (Å²) in [5, 5.41) is 5.78. The predicted molar refractivity (Wildman–Crippen MR) is 137 cm³/mol. The molecule has 0 unspecified atom stereocenters. The van der Waals surface area contributed by atoms with Crippen molar-refractivity contribution in [1.29, 1.82) is 0 Å². The minimum Gasteiger partial charge on any atom is -0.453 e. The van der Waals surface area contributed by atoms with Gasteiger partial charge in [-0.1, -0.05) is 0 Å². The van der Waals surface area contributed by atoms with E-state index >= 15 is 0 Å². The van der Waals surface area contributed by atoms with Crippen LogP contribution in [0.4, 0.5) is 34.0 Å². The van der Waals surface area contributed by atoms with E-state index in [0.29, 0.717) is 36.1 Å². The lowest BCUT2D eigenvalue weighted by atomic mass is 10.1. The third-order valence-electron chi connectivity index (χ3n) is 6.72. The molecule has 0 spiro atoms. The number of pyridine rings is 2. The number of methoxy groups -OCH3 is 1. The predicted octanol–water partition coefficient (Wildman–Crippen LogP) is 5.03. The molecule has 3 aromatic heterocycles. The van der Waals surface area contributed by atoms with E-state index in [9.17, 15) is 27.2 Å². The lowest BCUT2D eigenvalue weighted by Crippen LogP contribution is -2.33. The molecule has 1 aromatic carbocycles. The zero-order valence-electron chi connectivity index (χ0n) is 21.3. The quantitative estimate of drug-likeness (QED) is 0.318. The first-order valence-electron chi connectivity index (χ1n) is 12.2. The van der Waals surface area contributed by atoms with Crippen LogP contribution in [0.25, 0.3) is 22.3 Å². The number of anilines is 2. The fraction of sp³-hybridized carbons (Fsp3) is 0.308. The summed E-state index contributed by atoms with van der Waals surface area (Å²) in [6.45, 7) is 0. The van der Waals surface area contributed by atoms with Gasteiger partial charge in [-0.25, -0.2) is 23.9 Å². The standard InChI is InChI=1S/C26H24F4N6O4/c1-35-20-13-31-22(12-19(20)36(25(35)38)16-6-5-15(11-16)32-24(37)39-2)33-21-10-9-18(27)23(34-21)14-3-7-17(8-4-14)40-26(28,29)30/h3-4,7-10,12-13,15-16H,5-6,11H2,1-2H3,(H,32,37)(H,31,33,34)/t15-,16-/m1/s1. The Morgan fingerprint density at radius 1 is 1.07 bits per heavy atom. The number of hydrogen-bond donors (Lipinski definition) is 2. The Bertz CT molecular complexity index is 1620. The van der Waals surface area contributed by atoms with E-state index in [1.54, 1.807) is 23.9 Å². The molecule has 0 radical (unpaired) electrons. The first kappa shape index (κ1) is 27.0. The smallest absolute Gasteiger partial charge is 0.453 e. The Hall–Kier alpha value is -4.62. The van der Waals surface area contributed by atoms with Gasteiger partial charge in [0.25, 0.3) is 0 Å². The van der Waals surface area contributed by atoms with Gasteiger partial charge in [-0.3, -0.25) is 9.13 Å². The maximum Gasteiger partial charge on any atom is 0.573 e. The molecular formula is C26H24F4N6O4. The maximum atomic E-state index is 14.6. The molecule has 4 aromatic rings. The van der Waals surface area contributed by atoms with Gasteiger partial charge >= 0.3 is 18.1 Å². The van der Waals surface area contributed by atoms with E-state index in [1.165, 1.54) is 35.9 Å². The summed E-state index contributed by atoms with van der Waals surface area (Å²) in [5.41, 5.74) is 1.16. The lowest BCUT2D eigenvalue weighted by molar-refractivity contribution is -0.274. The van der Waals surface area contributed by atoms with E-state index in [4.69, 9.17) is 0 Å². The molecule has 2 N–H and O–H groups in total. The summed E-state index contributed by atoms with van der Waals surface area (Å²) in [6.07, 6.45) is -1.92. The van der Waals surface area contributed by atoms with Crippen LogP contribution < -0.4 is 21.1 Å². The second-order valence-electron chi connectivity index (χ2n) is 9.29. The molecule has 5 rings (SSSR count). The molecule has 0 saturated heterocycles. The molecule has 1 aliphatic rings. The Kier molecular flexibility index (Phi) is 7.08. The van der Waals surface area contributed by atoms with Gasteiger partial charge in [-0.2, -0.15) is 0 Å². The number of aromatic nitrogens is 4. The molecule has 2 atom stereocenters. The van der Waals surface area contributed by atoms with Gasteiger partial charge < -0.3 is 20.1 Å². The fourth-order valence-electron chi connectivity index (χ4n) is 4.89. The summed E-state index contributed by atoms with van der Waals surface area (Å²) >= 11 is 0. The molecule has 3 heterocycles. The molecule has 210 valence electrons. The van der Waals surface area contributed by atoms with Gasteiger partial charge in [0.1, 0.15) is 28.9 Å². The second kappa shape index (κ2) is 10.5. The number of amides is 1. The number of ether oxygens (including phenoxy) is 2. The van der Waals surface area contributed by atoms with Crippen LogP contribution in [0.5, 0.6) is 5.75 Å². The minimum atomic E-state index is -4.84. The van der Waals surface area contributed by atoms with Crippen LogP contribution in [0.15, 0.2) is 53.5 Å². The number of rotatable bonds is 6. The summed E-state index contributed by atoms with van der Waals surface area (Å²) < 4.78 is 63.6. The largest absolute Gasteiger partial charge is 0.573 e. The lowest BCUT2D eigenvalue weighted by Gasteiger charge is -2.14. The zero-order chi connectivity index (χ0) is 28.6. The highest BCUT2D eigenvalue weighted by Crippen LogP contribution is 2.33. The second-order valence-corrected chi connectivity index (χ2v) is 9.29. The van der Waals surface area contributed by atoms with Crippen molar-refractivity contribution >= 4 is 28.8 Å². The van der Waals surface area contributed by atoms with E-state index < -0.39 is 24.0 Å². The van der Waals surface area contributed by atoms with Crippen LogP contribution in [0.2, 0.25) is 0 Å². The molecule has 10 nitrogen and oxygen atoms in total. The van der Waals surface area contributed by atoms with Crippen LogP contribution in [-0.2, 0) is 11.8 Å². The first-order valence-corrected chi connectivity index (χ1v) is 12.2. The number of aryl methyl sites for hydroxylation is 1. The SMILES string of the molecule is COC(=O)N[C@@H]1CC[C@@H](n2c(=O)n(C)c3cnc(Nc4ccc(F)c(-c5ccc(OC(F)(F)F)cc5)n4)cc32)C1. The number of nitrogens with one attached hydrogen (secondary N) is 2. The molecule has 0 aliphatic heterocycles. The van der Waals surface area contributed by atoms with Gasteiger partial charge in [0.05, 0.1) is 24.3 Å². The topological polar surface area (TPSA) is 112 Å². The molecule has 1 amide bonds. The molecule has 0 bridgehead atoms. The molecule has 1 fully saturated rings. The number of carbonyl (C=O) groups excluding carboxylic acids is 1. The van der Waals surface area contributed by atoms with Crippen molar-refractivity contribution < 1.29 is 31.8 Å². The molecule has 14 heteroatoms. The van der Waals surface area contributed by atoms with Crippen LogP contribution in [0, 0.1) is 5.82 Å². The normalized spacial score (nSPS) is 17.1. The number of alkyl halides is 3. The van der Waals surface area contributed by atoms with Crippen molar-refractivity contribution in [2.45, 2.75) is 37.7 Å². The van der Waals surface area contributed by atoms with Gasteiger partial charge in [-0.15, -0.1) is 13.2 Å². The van der Waals surface area contributed by atoms with Crippen molar-refractivity contribution in [3.63, 3.8) is 0 Å². The summed E-state index contributed by atoms with van der Waals surface area (Å²) in [5.74, 6) is -0.543. The number of fused-ring (bicyclic) bond motifs is 1. The van der Waals surface area contributed by atoms with Crippen LogP contribution in [0.1, 0.15) is 25.3 Å². The van der Waals surface area contributed by atoms with Gasteiger partial charge in [-0.05, 0) is 55.7 Å². The number of carbonyl (C=O) groups is 1. The van der Waals surface area contributed by atoms with Crippen molar-refractivity contribution in [3.05, 3.63) is 65.0 Å². The van der Waals surface area contributed by atoms with E-state index in [-0.39, 0.29) is 34.8 Å². The van der Waals surface area contributed by atoms with Crippen LogP contribution in [0.3, 0.4) is 0 Å². The van der Waals surface area contributed by atoms with Crippen LogP contribution >= 0.6 is 0 Å². The number of nitrogens with zero attached hydrogens (tertiary/aromatic N) is 4. The van der Waals surface area contributed by atoms with Gasteiger partial charge in [0.2, 0.25) is 0 Å². The average molecular weight is 561 g/mol. The number of halogens is 4. The Labute approximate surface area is 224 Å². The number of benzene rings is 1. The van der Waals surface area contributed by atoms with E-state index in [2.05, 4.69) is 30.1 Å². The van der Waals surface area contributed by atoms with E-state index in [1.807, 2.05) is 0 Å². The van der Waals surface area contributed by atoms with Crippen LogP contribution in [-0.4, -0.2) is 44.7 Å². The maximum absolute atomic E-state index is 14.6. The zero-order valence-corrected chi connectivity index (χ0v) is 21.3. The van der Waals surface area contributed by atoms with Crippen molar-refractivity contribution in [3.8, 4) is 17.0 Å². The Balaban J connectivity index is 1.41.